The maximum Gasteiger partial charge on any atom is 0.392 e. The van der Waals surface area contributed by atoms with Crippen LogP contribution in [0.2, 0.25) is 0 Å². The Morgan fingerprint density at radius 1 is 1.20 bits per heavy atom. The van der Waals surface area contributed by atoms with Crippen molar-refractivity contribution in [1.29, 1.82) is 0 Å². The van der Waals surface area contributed by atoms with E-state index in [1.807, 2.05) is 0 Å². The fraction of sp³-hybridized carbons (Fsp3) is 0.923. The molecule has 2 fully saturated rings. The molecule has 7 heteroatoms. The Balaban J connectivity index is 0.00000200. The van der Waals surface area contributed by atoms with Crippen molar-refractivity contribution in [2.45, 2.75) is 38.3 Å². The van der Waals surface area contributed by atoms with Gasteiger partial charge in [-0.1, -0.05) is 12.8 Å². The Morgan fingerprint density at radius 3 is 2.40 bits per heavy atom. The minimum absolute atomic E-state index is 0. The zero-order valence-electron chi connectivity index (χ0n) is 11.4. The van der Waals surface area contributed by atoms with Crippen LogP contribution in [0.3, 0.4) is 0 Å². The number of amides is 1. The molecule has 20 heavy (non-hydrogen) atoms. The number of nitrogens with zero attached hydrogens (tertiary/aromatic N) is 1. The number of likely N-dealkylation sites (tertiary alicyclic amines) is 1. The lowest BCUT2D eigenvalue weighted by atomic mass is 9.78. The van der Waals surface area contributed by atoms with Gasteiger partial charge in [0.05, 0.1) is 5.92 Å². The maximum atomic E-state index is 13.0. The van der Waals surface area contributed by atoms with E-state index < -0.39 is 18.0 Å². The maximum absolute atomic E-state index is 13.0. The monoisotopic (exact) mass is 314 g/mol. The quantitative estimate of drug-likeness (QED) is 0.851. The third kappa shape index (κ3) is 3.79. The molecule has 2 rings (SSSR count). The largest absolute Gasteiger partial charge is 0.392 e. The molecule has 1 aliphatic heterocycles. The molecule has 0 aromatic heterocycles. The van der Waals surface area contributed by atoms with Crippen LogP contribution in [0.5, 0.6) is 0 Å². The van der Waals surface area contributed by atoms with E-state index in [0.717, 1.165) is 12.8 Å². The first kappa shape index (κ1) is 17.6. The number of hydrogen-bond donors (Lipinski definition) is 1. The number of carbonyl (C=O) groups is 1. The Bertz CT molecular complexity index is 338. The second-order valence-electron chi connectivity index (χ2n) is 5.71. The second kappa shape index (κ2) is 6.98. The van der Waals surface area contributed by atoms with Crippen molar-refractivity contribution in [3.05, 3.63) is 0 Å². The van der Waals surface area contributed by atoms with Crippen LogP contribution >= 0.6 is 12.4 Å². The normalized spacial score (nSPS) is 31.0. The highest BCUT2D eigenvalue weighted by molar-refractivity contribution is 5.85. The van der Waals surface area contributed by atoms with Crippen LogP contribution in [0.4, 0.5) is 13.2 Å². The minimum atomic E-state index is -4.26. The lowest BCUT2D eigenvalue weighted by Crippen LogP contribution is -2.44. The van der Waals surface area contributed by atoms with E-state index >= 15 is 0 Å². The zero-order valence-corrected chi connectivity index (χ0v) is 12.2. The Labute approximate surface area is 123 Å². The Hall–Kier alpha value is -0.490. The van der Waals surface area contributed by atoms with Gasteiger partial charge in [-0.05, 0) is 31.7 Å². The van der Waals surface area contributed by atoms with E-state index in [1.54, 1.807) is 4.90 Å². The molecule has 3 atom stereocenters. The topological polar surface area (TPSA) is 46.3 Å². The van der Waals surface area contributed by atoms with Crippen molar-refractivity contribution >= 4 is 18.3 Å². The highest BCUT2D eigenvalue weighted by Gasteiger charge is 2.49. The van der Waals surface area contributed by atoms with Crippen molar-refractivity contribution in [1.82, 2.24) is 4.90 Å². The molecule has 0 aromatic rings. The van der Waals surface area contributed by atoms with Crippen molar-refractivity contribution in [2.75, 3.05) is 19.6 Å². The summed E-state index contributed by atoms with van der Waals surface area (Å²) in [6, 6.07) is 0. The molecule has 2 N–H and O–H groups in total. The SMILES string of the molecule is Cl.NCC1CCN(C(=O)C2CCCCC2C(F)(F)F)C1. The number of rotatable bonds is 2. The van der Waals surface area contributed by atoms with E-state index in [-0.39, 0.29) is 30.7 Å². The third-order valence-electron chi connectivity index (χ3n) is 4.43. The first-order valence-corrected chi connectivity index (χ1v) is 6.99. The highest BCUT2D eigenvalue weighted by Crippen LogP contribution is 2.42. The molecule has 1 heterocycles. The van der Waals surface area contributed by atoms with Gasteiger partial charge >= 0.3 is 6.18 Å². The lowest BCUT2D eigenvalue weighted by Gasteiger charge is -2.34. The van der Waals surface area contributed by atoms with Gasteiger partial charge in [0.25, 0.3) is 0 Å². The summed E-state index contributed by atoms with van der Waals surface area (Å²) in [5, 5.41) is 0. The number of hydrogen-bond acceptors (Lipinski definition) is 2. The van der Waals surface area contributed by atoms with Crippen LogP contribution in [0, 0.1) is 17.8 Å². The molecule has 0 bridgehead atoms. The Morgan fingerprint density at radius 2 is 1.85 bits per heavy atom. The molecule has 1 saturated heterocycles. The zero-order chi connectivity index (χ0) is 14.0. The number of halogens is 4. The summed E-state index contributed by atoms with van der Waals surface area (Å²) < 4.78 is 39.0. The van der Waals surface area contributed by atoms with Gasteiger partial charge in [0.15, 0.2) is 0 Å². The van der Waals surface area contributed by atoms with E-state index in [9.17, 15) is 18.0 Å². The van der Waals surface area contributed by atoms with Crippen LogP contribution in [0.1, 0.15) is 32.1 Å². The van der Waals surface area contributed by atoms with Crippen LogP contribution in [-0.4, -0.2) is 36.6 Å². The van der Waals surface area contributed by atoms with Gasteiger partial charge in [-0.3, -0.25) is 4.79 Å². The van der Waals surface area contributed by atoms with Gasteiger partial charge in [-0.15, -0.1) is 12.4 Å². The molecule has 0 radical (unpaired) electrons. The molecule has 1 saturated carbocycles. The van der Waals surface area contributed by atoms with Gasteiger partial charge in [-0.2, -0.15) is 13.2 Å². The fourth-order valence-electron chi connectivity index (χ4n) is 3.28. The van der Waals surface area contributed by atoms with Crippen molar-refractivity contribution in [3.63, 3.8) is 0 Å². The molecule has 1 amide bonds. The highest BCUT2D eigenvalue weighted by atomic mass is 35.5. The molecule has 3 unspecified atom stereocenters. The molecule has 1 aliphatic carbocycles. The van der Waals surface area contributed by atoms with Crippen LogP contribution in [0.25, 0.3) is 0 Å². The van der Waals surface area contributed by atoms with Crippen molar-refractivity contribution in [2.24, 2.45) is 23.5 Å². The van der Waals surface area contributed by atoms with E-state index in [2.05, 4.69) is 0 Å². The standard InChI is InChI=1S/C13H21F3N2O.ClH/c14-13(15,16)11-4-2-1-3-10(11)12(19)18-6-5-9(7-17)8-18;/h9-11H,1-8,17H2;1H. The summed E-state index contributed by atoms with van der Waals surface area (Å²) >= 11 is 0. The number of alkyl halides is 3. The number of nitrogens with two attached hydrogens (primary N) is 1. The van der Waals surface area contributed by atoms with Crippen LogP contribution < -0.4 is 5.73 Å². The lowest BCUT2D eigenvalue weighted by molar-refractivity contribution is -0.200. The first-order valence-electron chi connectivity index (χ1n) is 6.99. The smallest absolute Gasteiger partial charge is 0.342 e. The van der Waals surface area contributed by atoms with Gasteiger partial charge < -0.3 is 10.6 Å². The minimum Gasteiger partial charge on any atom is -0.342 e. The predicted octanol–water partition coefficient (Wildman–Crippen LogP) is 2.58. The summed E-state index contributed by atoms with van der Waals surface area (Å²) in [4.78, 5) is 13.9. The van der Waals surface area contributed by atoms with Gasteiger partial charge in [0.2, 0.25) is 5.91 Å². The molecule has 118 valence electrons. The van der Waals surface area contributed by atoms with Gasteiger partial charge in [0, 0.05) is 19.0 Å². The summed E-state index contributed by atoms with van der Waals surface area (Å²) in [6.07, 6.45) is -1.70. The van der Waals surface area contributed by atoms with E-state index in [1.165, 1.54) is 0 Å². The molecular weight excluding hydrogens is 293 g/mol. The van der Waals surface area contributed by atoms with Gasteiger partial charge in [0.1, 0.15) is 0 Å². The van der Waals surface area contributed by atoms with Crippen LogP contribution in [-0.2, 0) is 4.79 Å². The average Bonchev–Trinajstić information content (AvgIpc) is 2.85. The fourth-order valence-corrected chi connectivity index (χ4v) is 3.28. The molecule has 0 spiro atoms. The summed E-state index contributed by atoms with van der Waals surface area (Å²) in [5.41, 5.74) is 5.55. The average molecular weight is 315 g/mol. The molecule has 0 aromatic carbocycles. The van der Waals surface area contributed by atoms with Crippen LogP contribution in [0.15, 0.2) is 0 Å². The summed E-state index contributed by atoms with van der Waals surface area (Å²) in [5.74, 6) is -2.38. The molecule has 2 aliphatic rings. The summed E-state index contributed by atoms with van der Waals surface area (Å²) in [6.45, 7) is 1.58. The summed E-state index contributed by atoms with van der Waals surface area (Å²) in [7, 11) is 0. The van der Waals surface area contributed by atoms with E-state index in [4.69, 9.17) is 5.73 Å². The first-order chi connectivity index (χ1) is 8.93. The third-order valence-corrected chi connectivity index (χ3v) is 4.43. The predicted molar refractivity (Wildman–Crippen MR) is 72.5 cm³/mol. The second-order valence-corrected chi connectivity index (χ2v) is 5.71. The molecular formula is C13H22ClF3N2O. The van der Waals surface area contributed by atoms with E-state index in [0.29, 0.717) is 32.5 Å². The number of carbonyl (C=O) groups excluding carboxylic acids is 1. The Kier molecular flexibility index (Phi) is 6.13. The molecule has 3 nitrogen and oxygen atoms in total. The van der Waals surface area contributed by atoms with Gasteiger partial charge in [-0.25, -0.2) is 0 Å². The van der Waals surface area contributed by atoms with Crippen molar-refractivity contribution < 1.29 is 18.0 Å². The van der Waals surface area contributed by atoms with Crippen molar-refractivity contribution in [3.8, 4) is 0 Å².